The highest BCUT2D eigenvalue weighted by molar-refractivity contribution is 6.04. The molecule has 1 aromatic carbocycles. The molecule has 0 atom stereocenters. The molecular formula is C19H19F3N6O2. The number of hydrogen-bond donors (Lipinski definition) is 2. The van der Waals surface area contributed by atoms with Gasteiger partial charge in [0.2, 0.25) is 0 Å². The van der Waals surface area contributed by atoms with Gasteiger partial charge >= 0.3 is 6.18 Å². The second kappa shape index (κ2) is 8.01. The number of carbonyl (C=O) groups is 2. The van der Waals surface area contributed by atoms with Crippen molar-refractivity contribution in [2.75, 3.05) is 5.32 Å². The van der Waals surface area contributed by atoms with Gasteiger partial charge in [0.15, 0.2) is 5.69 Å². The van der Waals surface area contributed by atoms with Gasteiger partial charge in [-0.25, -0.2) is 4.98 Å². The number of rotatable bonds is 5. The molecule has 0 aliphatic heterocycles. The summed E-state index contributed by atoms with van der Waals surface area (Å²) < 4.78 is 43.1. The van der Waals surface area contributed by atoms with Crippen LogP contribution in [0.25, 0.3) is 0 Å². The number of aromatic nitrogens is 4. The lowest BCUT2D eigenvalue weighted by molar-refractivity contribution is -0.137. The maximum absolute atomic E-state index is 13.3. The van der Waals surface area contributed by atoms with E-state index in [9.17, 15) is 22.8 Å². The van der Waals surface area contributed by atoms with Crippen molar-refractivity contribution < 1.29 is 22.8 Å². The van der Waals surface area contributed by atoms with E-state index in [2.05, 4.69) is 20.7 Å². The molecular weight excluding hydrogens is 401 g/mol. The van der Waals surface area contributed by atoms with E-state index in [-0.39, 0.29) is 23.5 Å². The number of halogens is 3. The Bertz CT molecular complexity index is 1080. The summed E-state index contributed by atoms with van der Waals surface area (Å²) >= 11 is 0. The summed E-state index contributed by atoms with van der Waals surface area (Å²) in [4.78, 5) is 28.8. The lowest BCUT2D eigenvalue weighted by Gasteiger charge is -2.13. The van der Waals surface area contributed by atoms with Crippen LogP contribution >= 0.6 is 0 Å². The molecule has 0 spiro atoms. The Balaban J connectivity index is 1.85. The predicted molar refractivity (Wildman–Crippen MR) is 102 cm³/mol. The third-order valence-electron chi connectivity index (χ3n) is 4.45. The molecule has 0 unspecified atom stereocenters. The highest BCUT2D eigenvalue weighted by atomic mass is 19.4. The number of amides is 2. The fourth-order valence-corrected chi connectivity index (χ4v) is 2.69. The van der Waals surface area contributed by atoms with Crippen LogP contribution in [-0.2, 0) is 26.8 Å². The molecule has 0 fully saturated rings. The normalized spacial score (nSPS) is 11.4. The highest BCUT2D eigenvalue weighted by Crippen LogP contribution is 2.32. The van der Waals surface area contributed by atoms with Crippen LogP contribution in [0.4, 0.5) is 18.9 Å². The second-order valence-electron chi connectivity index (χ2n) is 6.68. The van der Waals surface area contributed by atoms with Gasteiger partial charge in [-0.1, -0.05) is 0 Å². The molecule has 3 aromatic rings. The Kier molecular flexibility index (Phi) is 5.63. The van der Waals surface area contributed by atoms with Crippen molar-refractivity contribution in [3.63, 3.8) is 0 Å². The molecule has 2 aromatic heterocycles. The van der Waals surface area contributed by atoms with Crippen LogP contribution in [-0.4, -0.2) is 31.1 Å². The summed E-state index contributed by atoms with van der Waals surface area (Å²) in [6.45, 7) is 1.77. The summed E-state index contributed by atoms with van der Waals surface area (Å²) in [5.41, 5.74) is -0.710. The Morgan fingerprint density at radius 1 is 1.10 bits per heavy atom. The first-order valence-electron chi connectivity index (χ1n) is 8.83. The highest BCUT2D eigenvalue weighted by Gasteiger charge is 2.32. The molecule has 11 heteroatoms. The molecule has 30 heavy (non-hydrogen) atoms. The van der Waals surface area contributed by atoms with Crippen LogP contribution in [0, 0.1) is 6.92 Å². The van der Waals surface area contributed by atoms with Gasteiger partial charge in [0.1, 0.15) is 5.82 Å². The largest absolute Gasteiger partial charge is 0.416 e. The average Bonchev–Trinajstić information content (AvgIpc) is 3.23. The summed E-state index contributed by atoms with van der Waals surface area (Å²) in [6.07, 6.45) is -1.48. The van der Waals surface area contributed by atoms with Crippen LogP contribution in [0.1, 0.15) is 37.9 Å². The van der Waals surface area contributed by atoms with Gasteiger partial charge in [-0.3, -0.25) is 14.3 Å². The molecule has 0 saturated heterocycles. The van der Waals surface area contributed by atoms with Gasteiger partial charge in [0, 0.05) is 43.4 Å². The Morgan fingerprint density at radius 2 is 1.83 bits per heavy atom. The molecule has 0 aliphatic rings. The molecule has 158 valence electrons. The zero-order chi connectivity index (χ0) is 22.1. The standard InChI is InChI=1S/C19H19F3N6O2/c1-11-6-15(26-28(11)3)18(30)25-14-8-12(7-13(9-14)19(20,21)22)17(29)24-10-16-23-4-5-27(16)2/h4-9H,10H2,1-3H3,(H,24,29)(H,25,30). The topological polar surface area (TPSA) is 93.8 Å². The van der Waals surface area contributed by atoms with Gasteiger partial charge in [-0.2, -0.15) is 18.3 Å². The minimum absolute atomic E-state index is 0.0352. The van der Waals surface area contributed by atoms with Gasteiger partial charge in [0.05, 0.1) is 12.1 Å². The molecule has 2 amide bonds. The summed E-state index contributed by atoms with van der Waals surface area (Å²) in [5, 5.41) is 8.89. The molecule has 3 rings (SSSR count). The lowest BCUT2D eigenvalue weighted by Crippen LogP contribution is -2.25. The fourth-order valence-electron chi connectivity index (χ4n) is 2.69. The van der Waals surface area contributed by atoms with E-state index in [1.807, 2.05) is 0 Å². The predicted octanol–water partition coefficient (Wildman–Crippen LogP) is 2.66. The first kappa shape index (κ1) is 21.1. The number of anilines is 1. The summed E-state index contributed by atoms with van der Waals surface area (Å²) in [5.74, 6) is -0.875. The van der Waals surface area contributed by atoms with Gasteiger partial charge in [0.25, 0.3) is 11.8 Å². The van der Waals surface area contributed by atoms with E-state index < -0.39 is 23.6 Å². The number of benzene rings is 1. The van der Waals surface area contributed by atoms with Crippen LogP contribution in [0.3, 0.4) is 0 Å². The molecule has 2 N–H and O–H groups in total. The Hall–Kier alpha value is -3.63. The van der Waals surface area contributed by atoms with E-state index in [1.54, 1.807) is 38.0 Å². The van der Waals surface area contributed by atoms with Crippen molar-refractivity contribution >= 4 is 17.5 Å². The van der Waals surface area contributed by atoms with Crippen LogP contribution in [0.5, 0.6) is 0 Å². The van der Waals surface area contributed by atoms with E-state index in [0.717, 1.165) is 12.1 Å². The average molecular weight is 420 g/mol. The van der Waals surface area contributed by atoms with E-state index in [4.69, 9.17) is 0 Å². The van der Waals surface area contributed by atoms with Crippen LogP contribution < -0.4 is 10.6 Å². The quantitative estimate of drug-likeness (QED) is 0.664. The summed E-state index contributed by atoms with van der Waals surface area (Å²) in [6, 6.07) is 4.18. The van der Waals surface area contributed by atoms with Crippen molar-refractivity contribution in [2.24, 2.45) is 14.1 Å². The van der Waals surface area contributed by atoms with E-state index >= 15 is 0 Å². The Labute approximate surface area is 169 Å². The van der Waals surface area contributed by atoms with Crippen molar-refractivity contribution in [1.82, 2.24) is 24.6 Å². The smallest absolute Gasteiger partial charge is 0.345 e. The Morgan fingerprint density at radius 3 is 2.40 bits per heavy atom. The number of nitrogens with one attached hydrogen (secondary N) is 2. The van der Waals surface area contributed by atoms with Gasteiger partial charge < -0.3 is 15.2 Å². The van der Waals surface area contributed by atoms with Crippen LogP contribution in [0.2, 0.25) is 0 Å². The van der Waals surface area contributed by atoms with E-state index in [1.165, 1.54) is 16.8 Å². The molecule has 2 heterocycles. The zero-order valence-electron chi connectivity index (χ0n) is 16.4. The molecule has 0 saturated carbocycles. The summed E-state index contributed by atoms with van der Waals surface area (Å²) in [7, 11) is 3.37. The fraction of sp³-hybridized carbons (Fsp3) is 0.263. The number of hydrogen-bond acceptors (Lipinski definition) is 4. The molecule has 0 aliphatic carbocycles. The molecule has 0 radical (unpaired) electrons. The van der Waals surface area contributed by atoms with Gasteiger partial charge in [-0.15, -0.1) is 0 Å². The van der Waals surface area contributed by atoms with Crippen molar-refractivity contribution in [1.29, 1.82) is 0 Å². The third-order valence-corrected chi connectivity index (χ3v) is 4.45. The lowest BCUT2D eigenvalue weighted by atomic mass is 10.1. The third kappa shape index (κ3) is 4.67. The van der Waals surface area contributed by atoms with Crippen molar-refractivity contribution in [3.05, 3.63) is 65.0 Å². The zero-order valence-corrected chi connectivity index (χ0v) is 16.4. The minimum Gasteiger partial charge on any atom is -0.345 e. The molecule has 0 bridgehead atoms. The number of alkyl halides is 3. The monoisotopic (exact) mass is 420 g/mol. The number of aryl methyl sites for hydroxylation is 3. The maximum Gasteiger partial charge on any atom is 0.416 e. The van der Waals surface area contributed by atoms with E-state index in [0.29, 0.717) is 11.5 Å². The minimum atomic E-state index is -4.70. The van der Waals surface area contributed by atoms with Crippen LogP contribution in [0.15, 0.2) is 36.7 Å². The number of nitrogens with zero attached hydrogens (tertiary/aromatic N) is 4. The van der Waals surface area contributed by atoms with Crippen molar-refractivity contribution in [3.8, 4) is 0 Å². The van der Waals surface area contributed by atoms with Crippen molar-refractivity contribution in [2.45, 2.75) is 19.6 Å². The maximum atomic E-state index is 13.3. The number of carbonyl (C=O) groups excluding carboxylic acids is 2. The first-order valence-corrected chi connectivity index (χ1v) is 8.83. The van der Waals surface area contributed by atoms with Gasteiger partial charge in [-0.05, 0) is 31.2 Å². The molecule has 8 nitrogen and oxygen atoms in total. The number of imidazole rings is 1. The first-order chi connectivity index (χ1) is 14.0. The SMILES string of the molecule is Cc1cc(C(=O)Nc2cc(C(=O)NCc3nccn3C)cc(C(F)(F)F)c2)nn1C. The second-order valence-corrected chi connectivity index (χ2v) is 6.68.